The fraction of sp³-hybridized carbons (Fsp3) is 0.308. The summed E-state index contributed by atoms with van der Waals surface area (Å²) >= 11 is 3.42. The first-order chi connectivity index (χ1) is 7.76. The first-order valence-electron chi connectivity index (χ1n) is 5.46. The smallest absolute Gasteiger partial charge is 0.0640 e. The van der Waals surface area contributed by atoms with E-state index in [4.69, 9.17) is 0 Å². The van der Waals surface area contributed by atoms with Crippen LogP contribution in [0.1, 0.15) is 19.5 Å². The molecule has 16 heavy (non-hydrogen) atoms. The van der Waals surface area contributed by atoms with E-state index in [0.29, 0.717) is 0 Å². The van der Waals surface area contributed by atoms with Gasteiger partial charge < -0.3 is 4.90 Å². The van der Waals surface area contributed by atoms with Crippen molar-refractivity contribution in [1.82, 2.24) is 9.88 Å². The van der Waals surface area contributed by atoms with Crippen molar-refractivity contribution in [1.29, 1.82) is 0 Å². The van der Waals surface area contributed by atoms with Gasteiger partial charge in [0.25, 0.3) is 0 Å². The highest BCUT2D eigenvalue weighted by molar-refractivity contribution is 9.10. The molecule has 0 bridgehead atoms. The minimum absolute atomic E-state index is 0.957. The van der Waals surface area contributed by atoms with Gasteiger partial charge in [-0.05, 0) is 44.3 Å². The molecule has 0 saturated carbocycles. The van der Waals surface area contributed by atoms with E-state index in [1.165, 1.54) is 0 Å². The Morgan fingerprint density at radius 3 is 2.69 bits per heavy atom. The topological polar surface area (TPSA) is 16.1 Å². The van der Waals surface area contributed by atoms with Crippen molar-refractivity contribution in [2.75, 3.05) is 13.1 Å². The van der Waals surface area contributed by atoms with Crippen LogP contribution >= 0.6 is 15.9 Å². The van der Waals surface area contributed by atoms with E-state index in [2.05, 4.69) is 45.9 Å². The highest BCUT2D eigenvalue weighted by Crippen LogP contribution is 2.10. The standard InChI is InChI=1S/C13H17BrN2/c1-3-16(4-2)10-6-5-7-13-11-12(14)8-9-15-13/h5-11H,3-4H2,1-2H3/b7-5+,10-6+. The maximum absolute atomic E-state index is 4.23. The molecule has 0 aliphatic heterocycles. The number of pyridine rings is 1. The van der Waals surface area contributed by atoms with Crippen molar-refractivity contribution in [2.45, 2.75) is 13.8 Å². The largest absolute Gasteiger partial charge is 0.378 e. The van der Waals surface area contributed by atoms with Crippen LogP contribution in [0.15, 0.2) is 41.2 Å². The van der Waals surface area contributed by atoms with Crippen LogP contribution < -0.4 is 0 Å². The van der Waals surface area contributed by atoms with Crippen LogP contribution in [-0.2, 0) is 0 Å². The van der Waals surface area contributed by atoms with E-state index >= 15 is 0 Å². The lowest BCUT2D eigenvalue weighted by Gasteiger charge is -2.13. The summed E-state index contributed by atoms with van der Waals surface area (Å²) in [5.41, 5.74) is 0.957. The molecule has 0 unspecified atom stereocenters. The second kappa shape index (κ2) is 7.23. The van der Waals surface area contributed by atoms with Crippen molar-refractivity contribution in [3.05, 3.63) is 46.8 Å². The Bertz CT molecular complexity index is 368. The Kier molecular flexibility index (Phi) is 5.86. The molecule has 0 fully saturated rings. The zero-order chi connectivity index (χ0) is 11.8. The number of nitrogens with zero attached hydrogens (tertiary/aromatic N) is 2. The molecule has 0 radical (unpaired) electrons. The summed E-state index contributed by atoms with van der Waals surface area (Å²) in [6, 6.07) is 3.91. The second-order valence-corrected chi connectivity index (χ2v) is 4.24. The minimum Gasteiger partial charge on any atom is -0.378 e. The lowest BCUT2D eigenvalue weighted by Crippen LogP contribution is -2.14. The number of hydrogen-bond donors (Lipinski definition) is 0. The van der Waals surface area contributed by atoms with Crippen molar-refractivity contribution in [3.63, 3.8) is 0 Å². The Hall–Kier alpha value is -1.09. The molecule has 0 saturated heterocycles. The summed E-state index contributed by atoms with van der Waals surface area (Å²) < 4.78 is 1.05. The monoisotopic (exact) mass is 280 g/mol. The van der Waals surface area contributed by atoms with Gasteiger partial charge in [0.1, 0.15) is 0 Å². The molecule has 0 atom stereocenters. The lowest BCUT2D eigenvalue weighted by atomic mass is 10.3. The van der Waals surface area contributed by atoms with Gasteiger partial charge in [-0.2, -0.15) is 0 Å². The molecule has 1 heterocycles. The summed E-state index contributed by atoms with van der Waals surface area (Å²) in [6.45, 7) is 6.37. The first-order valence-corrected chi connectivity index (χ1v) is 6.26. The molecule has 1 aromatic heterocycles. The van der Waals surface area contributed by atoms with E-state index in [1.54, 1.807) is 6.20 Å². The third kappa shape index (κ3) is 4.62. The zero-order valence-electron chi connectivity index (χ0n) is 9.73. The van der Waals surface area contributed by atoms with E-state index < -0.39 is 0 Å². The Morgan fingerprint density at radius 2 is 2.06 bits per heavy atom. The van der Waals surface area contributed by atoms with E-state index in [1.807, 2.05) is 30.4 Å². The van der Waals surface area contributed by atoms with Crippen molar-refractivity contribution in [2.24, 2.45) is 0 Å². The van der Waals surface area contributed by atoms with Gasteiger partial charge in [-0.3, -0.25) is 4.98 Å². The zero-order valence-corrected chi connectivity index (χ0v) is 11.3. The van der Waals surface area contributed by atoms with Gasteiger partial charge in [0.05, 0.1) is 5.69 Å². The van der Waals surface area contributed by atoms with Crippen LogP contribution in [0.3, 0.4) is 0 Å². The highest BCUT2D eigenvalue weighted by atomic mass is 79.9. The van der Waals surface area contributed by atoms with Gasteiger partial charge >= 0.3 is 0 Å². The summed E-state index contributed by atoms with van der Waals surface area (Å²) in [6.07, 6.45) is 9.92. The molecular weight excluding hydrogens is 264 g/mol. The van der Waals surface area contributed by atoms with Gasteiger partial charge in [-0.1, -0.05) is 22.0 Å². The molecule has 0 spiro atoms. The van der Waals surface area contributed by atoms with Gasteiger partial charge in [0.15, 0.2) is 0 Å². The third-order valence-electron chi connectivity index (χ3n) is 2.23. The second-order valence-electron chi connectivity index (χ2n) is 3.32. The SMILES string of the molecule is CCN(/C=C/C=C/c1cc(Br)ccn1)CC. The van der Waals surface area contributed by atoms with Crippen molar-refractivity contribution >= 4 is 22.0 Å². The highest BCUT2D eigenvalue weighted by Gasteiger charge is 1.89. The molecule has 1 aromatic rings. The van der Waals surface area contributed by atoms with E-state index in [9.17, 15) is 0 Å². The molecule has 2 nitrogen and oxygen atoms in total. The number of hydrogen-bond acceptors (Lipinski definition) is 2. The molecule has 0 aromatic carbocycles. The Labute approximate surface area is 106 Å². The molecule has 86 valence electrons. The molecule has 0 aliphatic rings. The Morgan fingerprint density at radius 1 is 1.31 bits per heavy atom. The molecule has 0 amide bonds. The van der Waals surface area contributed by atoms with Crippen LogP contribution in [0.4, 0.5) is 0 Å². The predicted octanol–water partition coefficient (Wildman–Crippen LogP) is 3.71. The minimum atomic E-state index is 0.957. The summed E-state index contributed by atoms with van der Waals surface area (Å²) in [5.74, 6) is 0. The average molecular weight is 281 g/mol. The number of halogens is 1. The maximum Gasteiger partial charge on any atom is 0.0640 e. The first kappa shape index (κ1) is 13.0. The van der Waals surface area contributed by atoms with Crippen LogP contribution in [0, 0.1) is 0 Å². The molecule has 0 N–H and O–H groups in total. The van der Waals surface area contributed by atoms with Crippen molar-refractivity contribution in [3.8, 4) is 0 Å². The number of rotatable bonds is 5. The summed E-state index contributed by atoms with van der Waals surface area (Å²) in [4.78, 5) is 6.47. The van der Waals surface area contributed by atoms with E-state index in [-0.39, 0.29) is 0 Å². The quantitative estimate of drug-likeness (QED) is 0.765. The molecule has 3 heteroatoms. The Balaban J connectivity index is 2.54. The average Bonchev–Trinajstić information content (AvgIpc) is 2.29. The normalized spacial score (nSPS) is 11.4. The number of allylic oxidation sites excluding steroid dienone is 2. The maximum atomic E-state index is 4.23. The van der Waals surface area contributed by atoms with Crippen molar-refractivity contribution < 1.29 is 0 Å². The molecule has 1 rings (SSSR count). The molecular formula is C13H17BrN2. The summed E-state index contributed by atoms with van der Waals surface area (Å²) in [7, 11) is 0. The van der Waals surface area contributed by atoms with Crippen LogP contribution in [0.25, 0.3) is 6.08 Å². The molecule has 0 aliphatic carbocycles. The predicted molar refractivity (Wildman–Crippen MR) is 73.0 cm³/mol. The van der Waals surface area contributed by atoms with Crippen LogP contribution in [-0.4, -0.2) is 23.0 Å². The third-order valence-corrected chi connectivity index (χ3v) is 2.72. The van der Waals surface area contributed by atoms with E-state index in [0.717, 1.165) is 23.3 Å². The van der Waals surface area contributed by atoms with Gasteiger partial charge in [-0.25, -0.2) is 0 Å². The van der Waals surface area contributed by atoms with Gasteiger partial charge in [0.2, 0.25) is 0 Å². The van der Waals surface area contributed by atoms with Gasteiger partial charge in [0, 0.05) is 23.8 Å². The lowest BCUT2D eigenvalue weighted by molar-refractivity contribution is 0.419. The fourth-order valence-corrected chi connectivity index (χ4v) is 1.63. The van der Waals surface area contributed by atoms with Crippen LogP contribution in [0.2, 0.25) is 0 Å². The fourth-order valence-electron chi connectivity index (χ4n) is 1.27. The van der Waals surface area contributed by atoms with Crippen LogP contribution in [0.5, 0.6) is 0 Å². The number of aromatic nitrogens is 1. The van der Waals surface area contributed by atoms with Gasteiger partial charge in [-0.15, -0.1) is 0 Å². The summed E-state index contributed by atoms with van der Waals surface area (Å²) in [5, 5.41) is 0.